The molecule has 1 aromatic rings. The lowest BCUT2D eigenvalue weighted by Crippen LogP contribution is -2.17. The minimum atomic E-state index is -0.198. The van der Waals surface area contributed by atoms with Crippen molar-refractivity contribution in [1.29, 1.82) is 0 Å². The van der Waals surface area contributed by atoms with Crippen LogP contribution in [0.1, 0.15) is 34.6 Å². The monoisotopic (exact) mass is 289 g/mol. The summed E-state index contributed by atoms with van der Waals surface area (Å²) in [6.07, 6.45) is 5.42. The zero-order chi connectivity index (χ0) is 15.9. The van der Waals surface area contributed by atoms with Crippen LogP contribution >= 0.6 is 0 Å². The second-order valence-electron chi connectivity index (χ2n) is 5.31. The Labute approximate surface area is 129 Å². The highest BCUT2D eigenvalue weighted by atomic mass is 16.2. The second-order valence-corrected chi connectivity index (χ2v) is 5.31. The van der Waals surface area contributed by atoms with Crippen molar-refractivity contribution in [3.8, 4) is 0 Å². The molecule has 0 bridgehead atoms. The fourth-order valence-corrected chi connectivity index (χ4v) is 2.86. The van der Waals surface area contributed by atoms with E-state index < -0.39 is 0 Å². The van der Waals surface area contributed by atoms with E-state index in [1.54, 1.807) is 30.5 Å². The third-order valence-electron chi connectivity index (χ3n) is 3.87. The van der Waals surface area contributed by atoms with Crippen LogP contribution in [0.25, 0.3) is 0 Å². The van der Waals surface area contributed by atoms with E-state index in [2.05, 4.69) is 12.3 Å². The van der Waals surface area contributed by atoms with E-state index in [9.17, 15) is 9.59 Å². The van der Waals surface area contributed by atoms with Gasteiger partial charge in [0.2, 0.25) is 0 Å². The van der Waals surface area contributed by atoms with Gasteiger partial charge in [0.15, 0.2) is 11.6 Å². The summed E-state index contributed by atoms with van der Waals surface area (Å²) in [5.41, 5.74) is 6.45. The lowest BCUT2D eigenvalue weighted by molar-refractivity contribution is 0.0988. The summed E-state index contributed by atoms with van der Waals surface area (Å²) in [5.74, 6) is -0.396. The van der Waals surface area contributed by atoms with Crippen LogP contribution in [0.5, 0.6) is 0 Å². The Bertz CT molecular complexity index is 787. The predicted octanol–water partition coefficient (Wildman–Crippen LogP) is 3.78. The van der Waals surface area contributed by atoms with Gasteiger partial charge < -0.3 is 4.90 Å². The Hall–Kier alpha value is -2.90. The molecule has 0 spiro atoms. The molecule has 22 heavy (non-hydrogen) atoms. The zero-order valence-corrected chi connectivity index (χ0v) is 12.5. The number of carbonyl (C=O) groups excluding carboxylic acids is 2. The van der Waals surface area contributed by atoms with Crippen LogP contribution in [0.4, 0.5) is 0 Å². The molecule has 0 atom stereocenters. The molecule has 0 N–H and O–H groups in total. The summed E-state index contributed by atoms with van der Waals surface area (Å²) < 4.78 is 0. The maximum Gasteiger partial charge on any atom is 0.198 e. The topological polar surface area (TPSA) is 37.4 Å². The SMILES string of the molecule is C=C=CN1C(C)=CC(=C2C(=O)c3ccccc3C2=O)C=C1C. The smallest absolute Gasteiger partial charge is 0.198 e. The van der Waals surface area contributed by atoms with Crippen molar-refractivity contribution in [2.75, 3.05) is 0 Å². The molecule has 1 aliphatic heterocycles. The number of nitrogens with zero attached hydrogens (tertiary/aromatic N) is 1. The summed E-state index contributed by atoms with van der Waals surface area (Å²) in [7, 11) is 0. The molecule has 0 radical (unpaired) electrons. The number of hydrogen-bond acceptors (Lipinski definition) is 3. The molecule has 0 aromatic heterocycles. The molecule has 0 amide bonds. The van der Waals surface area contributed by atoms with E-state index in [0.717, 1.165) is 11.4 Å². The van der Waals surface area contributed by atoms with Crippen LogP contribution in [-0.2, 0) is 0 Å². The first kappa shape index (κ1) is 14.1. The lowest BCUT2D eigenvalue weighted by atomic mass is 9.99. The van der Waals surface area contributed by atoms with Crippen molar-refractivity contribution in [1.82, 2.24) is 4.90 Å². The fraction of sp³-hybridized carbons (Fsp3) is 0.105. The van der Waals surface area contributed by atoms with E-state index in [0.29, 0.717) is 16.7 Å². The minimum Gasteiger partial charge on any atom is -0.318 e. The van der Waals surface area contributed by atoms with E-state index in [-0.39, 0.29) is 17.1 Å². The summed E-state index contributed by atoms with van der Waals surface area (Å²) in [6.45, 7) is 7.41. The maximum atomic E-state index is 12.5. The molecule has 1 aliphatic carbocycles. The predicted molar refractivity (Wildman–Crippen MR) is 85.2 cm³/mol. The van der Waals surface area contributed by atoms with E-state index in [4.69, 9.17) is 0 Å². The van der Waals surface area contributed by atoms with Crippen molar-refractivity contribution < 1.29 is 9.59 Å². The maximum absolute atomic E-state index is 12.5. The summed E-state index contributed by atoms with van der Waals surface area (Å²) >= 11 is 0. The number of rotatable bonds is 1. The molecule has 1 aromatic carbocycles. The van der Waals surface area contributed by atoms with Crippen molar-refractivity contribution in [2.45, 2.75) is 13.8 Å². The number of hydrogen-bond donors (Lipinski definition) is 0. The van der Waals surface area contributed by atoms with E-state index in [1.165, 1.54) is 0 Å². The van der Waals surface area contributed by atoms with Crippen LogP contribution in [-0.4, -0.2) is 16.5 Å². The largest absolute Gasteiger partial charge is 0.318 e. The molecule has 2 aliphatic rings. The molecule has 3 nitrogen and oxygen atoms in total. The molecule has 108 valence electrons. The third kappa shape index (κ3) is 2.00. The Kier molecular flexibility index (Phi) is 3.28. The average molecular weight is 289 g/mol. The Morgan fingerprint density at radius 2 is 1.50 bits per heavy atom. The van der Waals surface area contributed by atoms with E-state index >= 15 is 0 Å². The second kappa shape index (κ2) is 5.14. The van der Waals surface area contributed by atoms with Gasteiger partial charge >= 0.3 is 0 Å². The van der Waals surface area contributed by atoms with Gasteiger partial charge in [-0.1, -0.05) is 30.8 Å². The van der Waals surface area contributed by atoms with Crippen LogP contribution in [0.3, 0.4) is 0 Å². The summed E-state index contributed by atoms with van der Waals surface area (Å²) in [6, 6.07) is 6.95. The molecular formula is C19H15NO2. The Morgan fingerprint density at radius 1 is 1.00 bits per heavy atom. The van der Waals surface area contributed by atoms with Gasteiger partial charge in [0.1, 0.15) is 0 Å². The molecule has 3 heteroatoms. The molecule has 0 unspecified atom stereocenters. The quantitative estimate of drug-likeness (QED) is 0.448. The van der Waals surface area contributed by atoms with Gasteiger partial charge in [0, 0.05) is 22.5 Å². The lowest BCUT2D eigenvalue weighted by Gasteiger charge is -2.25. The molecular weight excluding hydrogens is 274 g/mol. The zero-order valence-electron chi connectivity index (χ0n) is 12.5. The van der Waals surface area contributed by atoms with Crippen molar-refractivity contribution in [3.63, 3.8) is 0 Å². The molecule has 0 saturated heterocycles. The van der Waals surface area contributed by atoms with Gasteiger partial charge in [0.25, 0.3) is 0 Å². The average Bonchev–Trinajstić information content (AvgIpc) is 2.75. The Morgan fingerprint density at radius 3 is 1.95 bits per heavy atom. The number of allylic oxidation sites excluding steroid dienone is 6. The molecule has 3 rings (SSSR count). The summed E-state index contributed by atoms with van der Waals surface area (Å²) in [4.78, 5) is 27.0. The Balaban J connectivity index is 2.16. The molecule has 0 fully saturated rings. The highest BCUT2D eigenvalue weighted by Crippen LogP contribution is 2.32. The fourth-order valence-electron chi connectivity index (χ4n) is 2.86. The van der Waals surface area contributed by atoms with Crippen molar-refractivity contribution in [3.05, 3.63) is 88.6 Å². The highest BCUT2D eigenvalue weighted by Gasteiger charge is 2.35. The number of ketones is 2. The minimum absolute atomic E-state index is 0.198. The van der Waals surface area contributed by atoms with Crippen molar-refractivity contribution >= 4 is 11.6 Å². The van der Waals surface area contributed by atoms with Gasteiger partial charge in [-0.15, -0.1) is 5.73 Å². The number of Topliss-reactive ketones (excluding diaryl/α,β-unsaturated/α-hetero) is 2. The number of fused-ring (bicyclic) bond motifs is 1. The van der Waals surface area contributed by atoms with Crippen LogP contribution in [0.15, 0.2) is 77.5 Å². The number of benzene rings is 1. The van der Waals surface area contributed by atoms with Gasteiger partial charge in [-0.3, -0.25) is 9.59 Å². The standard InChI is InChI=1S/C19H15NO2/c1-4-9-20-12(2)10-14(11-13(20)3)17-18(21)15-7-5-6-8-16(15)19(17)22/h5-11H,1H2,2-3H3. The van der Waals surface area contributed by atoms with Crippen LogP contribution in [0, 0.1) is 0 Å². The first-order valence-electron chi connectivity index (χ1n) is 6.99. The van der Waals surface area contributed by atoms with E-state index in [1.807, 2.05) is 30.9 Å². The van der Waals surface area contributed by atoms with Crippen molar-refractivity contribution in [2.24, 2.45) is 0 Å². The first-order valence-corrected chi connectivity index (χ1v) is 6.99. The third-order valence-corrected chi connectivity index (χ3v) is 3.87. The molecule has 1 heterocycles. The van der Waals surface area contributed by atoms with Gasteiger partial charge in [0.05, 0.1) is 11.8 Å². The van der Waals surface area contributed by atoms with Crippen LogP contribution in [0.2, 0.25) is 0 Å². The van der Waals surface area contributed by atoms with Crippen LogP contribution < -0.4 is 0 Å². The van der Waals surface area contributed by atoms with Gasteiger partial charge in [-0.2, -0.15) is 0 Å². The number of carbonyl (C=O) groups is 2. The highest BCUT2D eigenvalue weighted by molar-refractivity contribution is 6.40. The van der Waals surface area contributed by atoms with Gasteiger partial charge in [-0.05, 0) is 31.6 Å². The normalized spacial score (nSPS) is 17.1. The summed E-state index contributed by atoms with van der Waals surface area (Å²) in [5, 5.41) is 0. The molecule has 0 saturated carbocycles. The van der Waals surface area contributed by atoms with Gasteiger partial charge in [-0.25, -0.2) is 0 Å². The first-order chi connectivity index (χ1) is 10.5.